The van der Waals surface area contributed by atoms with E-state index in [2.05, 4.69) is 10.6 Å². The van der Waals surface area contributed by atoms with E-state index in [4.69, 9.17) is 10.00 Å². The first kappa shape index (κ1) is 13.8. The van der Waals surface area contributed by atoms with Crippen LogP contribution in [-0.2, 0) is 9.53 Å². The lowest BCUT2D eigenvalue weighted by Gasteiger charge is -2.27. The summed E-state index contributed by atoms with van der Waals surface area (Å²) in [5.41, 5.74) is 0.167. The van der Waals surface area contributed by atoms with Crippen LogP contribution in [0, 0.1) is 11.3 Å². The summed E-state index contributed by atoms with van der Waals surface area (Å²) in [5, 5.41) is 15.3. The van der Waals surface area contributed by atoms with Crippen molar-refractivity contribution < 1.29 is 9.53 Å². The summed E-state index contributed by atoms with van der Waals surface area (Å²) in [6.45, 7) is 4.34. The Kier molecular flexibility index (Phi) is 5.19. The SMILES string of the molecule is N#C/C(=C/NCC1CCCO1)C(=O)N1CCNCC1. The van der Waals surface area contributed by atoms with Crippen molar-refractivity contribution in [3.63, 3.8) is 0 Å². The summed E-state index contributed by atoms with van der Waals surface area (Å²) >= 11 is 0. The average molecular weight is 264 g/mol. The normalized spacial score (nSPS) is 24.1. The molecule has 2 rings (SSSR count). The van der Waals surface area contributed by atoms with E-state index in [1.54, 1.807) is 4.90 Å². The standard InChI is InChI=1S/C13H20N4O2/c14-8-11(9-16-10-12-2-1-7-19-12)13(18)17-5-3-15-4-6-17/h9,12,15-16H,1-7,10H2/b11-9-. The number of amides is 1. The van der Waals surface area contributed by atoms with Gasteiger partial charge in [0.2, 0.25) is 0 Å². The highest BCUT2D eigenvalue weighted by atomic mass is 16.5. The fraction of sp³-hybridized carbons (Fsp3) is 0.692. The lowest BCUT2D eigenvalue weighted by atomic mass is 10.2. The molecule has 1 unspecified atom stereocenters. The van der Waals surface area contributed by atoms with Crippen LogP contribution in [0.5, 0.6) is 0 Å². The number of hydrogen-bond donors (Lipinski definition) is 2. The molecular weight excluding hydrogens is 244 g/mol. The fourth-order valence-corrected chi connectivity index (χ4v) is 2.28. The van der Waals surface area contributed by atoms with Gasteiger partial charge in [-0.1, -0.05) is 0 Å². The highest BCUT2D eigenvalue weighted by Crippen LogP contribution is 2.10. The number of piperazine rings is 1. The summed E-state index contributed by atoms with van der Waals surface area (Å²) in [5.74, 6) is -0.191. The molecule has 0 spiro atoms. The van der Waals surface area contributed by atoms with Gasteiger partial charge in [0.25, 0.3) is 5.91 Å². The van der Waals surface area contributed by atoms with Crippen LogP contribution in [0.15, 0.2) is 11.8 Å². The van der Waals surface area contributed by atoms with Crippen LogP contribution >= 0.6 is 0 Å². The second-order valence-corrected chi connectivity index (χ2v) is 4.76. The lowest BCUT2D eigenvalue weighted by molar-refractivity contribution is -0.127. The molecule has 19 heavy (non-hydrogen) atoms. The Labute approximate surface area is 113 Å². The van der Waals surface area contributed by atoms with E-state index in [0.717, 1.165) is 32.5 Å². The van der Waals surface area contributed by atoms with E-state index in [0.29, 0.717) is 19.6 Å². The number of rotatable bonds is 4. The Morgan fingerprint density at radius 1 is 1.53 bits per heavy atom. The highest BCUT2D eigenvalue weighted by Gasteiger charge is 2.20. The van der Waals surface area contributed by atoms with Crippen LogP contribution in [0.1, 0.15) is 12.8 Å². The van der Waals surface area contributed by atoms with Crippen molar-refractivity contribution in [3.8, 4) is 6.07 Å². The van der Waals surface area contributed by atoms with Crippen molar-refractivity contribution in [1.82, 2.24) is 15.5 Å². The van der Waals surface area contributed by atoms with Gasteiger partial charge in [-0.05, 0) is 12.8 Å². The second kappa shape index (κ2) is 7.12. The van der Waals surface area contributed by atoms with Crippen molar-refractivity contribution in [1.29, 1.82) is 5.26 Å². The molecule has 0 bridgehead atoms. The molecule has 0 aromatic heterocycles. The van der Waals surface area contributed by atoms with Crippen LogP contribution in [0.2, 0.25) is 0 Å². The van der Waals surface area contributed by atoms with Crippen molar-refractivity contribution in [3.05, 3.63) is 11.8 Å². The number of hydrogen-bond acceptors (Lipinski definition) is 5. The minimum Gasteiger partial charge on any atom is -0.387 e. The van der Waals surface area contributed by atoms with Gasteiger partial charge < -0.3 is 20.3 Å². The van der Waals surface area contributed by atoms with Gasteiger partial charge in [0.1, 0.15) is 11.6 Å². The molecule has 2 aliphatic heterocycles. The molecule has 2 heterocycles. The van der Waals surface area contributed by atoms with Gasteiger partial charge in [-0.15, -0.1) is 0 Å². The van der Waals surface area contributed by atoms with Crippen LogP contribution in [0.25, 0.3) is 0 Å². The van der Waals surface area contributed by atoms with Gasteiger partial charge in [0.05, 0.1) is 6.10 Å². The molecule has 1 atom stereocenters. The van der Waals surface area contributed by atoms with Crippen LogP contribution in [0.3, 0.4) is 0 Å². The maximum absolute atomic E-state index is 12.1. The van der Waals surface area contributed by atoms with E-state index < -0.39 is 0 Å². The monoisotopic (exact) mass is 264 g/mol. The lowest BCUT2D eigenvalue weighted by Crippen LogP contribution is -2.47. The third-order valence-corrected chi connectivity index (χ3v) is 3.37. The number of carbonyl (C=O) groups excluding carboxylic acids is 1. The molecule has 2 saturated heterocycles. The van der Waals surface area contributed by atoms with Crippen molar-refractivity contribution >= 4 is 5.91 Å². The Balaban J connectivity index is 1.83. The third kappa shape index (κ3) is 3.94. The first-order valence-corrected chi connectivity index (χ1v) is 6.76. The summed E-state index contributed by atoms with van der Waals surface area (Å²) in [6.07, 6.45) is 3.84. The minimum absolute atomic E-state index is 0.167. The van der Waals surface area contributed by atoms with Gasteiger partial charge in [0, 0.05) is 45.5 Å². The number of ether oxygens (including phenoxy) is 1. The smallest absolute Gasteiger partial charge is 0.266 e. The zero-order chi connectivity index (χ0) is 13.5. The first-order chi connectivity index (χ1) is 9.31. The largest absolute Gasteiger partial charge is 0.387 e. The Hall–Kier alpha value is -1.58. The van der Waals surface area contributed by atoms with Crippen LogP contribution < -0.4 is 10.6 Å². The number of nitrogens with one attached hydrogen (secondary N) is 2. The topological polar surface area (TPSA) is 77.4 Å². The number of nitriles is 1. The molecule has 2 aliphatic rings. The Bertz CT molecular complexity index is 377. The summed E-state index contributed by atoms with van der Waals surface area (Å²) in [4.78, 5) is 13.8. The van der Waals surface area contributed by atoms with Gasteiger partial charge in [-0.25, -0.2) is 0 Å². The number of nitrogens with zero attached hydrogens (tertiary/aromatic N) is 2. The van der Waals surface area contributed by atoms with Gasteiger partial charge in [-0.3, -0.25) is 4.79 Å². The van der Waals surface area contributed by atoms with E-state index >= 15 is 0 Å². The number of carbonyl (C=O) groups is 1. The van der Waals surface area contributed by atoms with Crippen molar-refractivity contribution in [2.24, 2.45) is 0 Å². The van der Waals surface area contributed by atoms with E-state index in [1.807, 2.05) is 6.07 Å². The van der Waals surface area contributed by atoms with Crippen molar-refractivity contribution in [2.75, 3.05) is 39.3 Å². The second-order valence-electron chi connectivity index (χ2n) is 4.76. The molecule has 6 heteroatoms. The quantitative estimate of drug-likeness (QED) is 0.533. The molecule has 0 aliphatic carbocycles. The predicted octanol–water partition coefficient (Wildman–Crippen LogP) is -0.406. The first-order valence-electron chi connectivity index (χ1n) is 6.76. The van der Waals surface area contributed by atoms with Gasteiger partial charge >= 0.3 is 0 Å². The Morgan fingerprint density at radius 3 is 2.95 bits per heavy atom. The van der Waals surface area contributed by atoms with E-state index in [9.17, 15) is 4.79 Å². The van der Waals surface area contributed by atoms with Crippen LogP contribution in [0.4, 0.5) is 0 Å². The van der Waals surface area contributed by atoms with Crippen LogP contribution in [-0.4, -0.2) is 56.2 Å². The summed E-state index contributed by atoms with van der Waals surface area (Å²) < 4.78 is 5.47. The maximum atomic E-state index is 12.1. The molecule has 104 valence electrons. The molecule has 0 aromatic rings. The van der Waals surface area contributed by atoms with Gasteiger partial charge in [-0.2, -0.15) is 5.26 Å². The molecule has 1 amide bonds. The average Bonchev–Trinajstić information content (AvgIpc) is 2.97. The predicted molar refractivity (Wildman–Crippen MR) is 70.1 cm³/mol. The molecule has 0 saturated carbocycles. The molecule has 2 fully saturated rings. The molecule has 0 aromatic carbocycles. The van der Waals surface area contributed by atoms with E-state index in [1.165, 1.54) is 6.20 Å². The van der Waals surface area contributed by atoms with Gasteiger partial charge in [0.15, 0.2) is 0 Å². The zero-order valence-corrected chi connectivity index (χ0v) is 11.0. The maximum Gasteiger partial charge on any atom is 0.266 e. The zero-order valence-electron chi connectivity index (χ0n) is 11.0. The Morgan fingerprint density at radius 2 is 2.32 bits per heavy atom. The summed E-state index contributed by atoms with van der Waals surface area (Å²) in [6, 6.07) is 1.97. The minimum atomic E-state index is -0.191. The highest BCUT2D eigenvalue weighted by molar-refractivity contribution is 5.97. The summed E-state index contributed by atoms with van der Waals surface area (Å²) in [7, 11) is 0. The molecular formula is C13H20N4O2. The molecule has 2 N–H and O–H groups in total. The molecule has 6 nitrogen and oxygen atoms in total. The fourth-order valence-electron chi connectivity index (χ4n) is 2.28. The van der Waals surface area contributed by atoms with Crippen molar-refractivity contribution in [2.45, 2.75) is 18.9 Å². The van der Waals surface area contributed by atoms with E-state index in [-0.39, 0.29) is 17.6 Å². The molecule has 0 radical (unpaired) electrons. The third-order valence-electron chi connectivity index (χ3n) is 3.37.